The molecule has 2 aliphatic rings. The van der Waals surface area contributed by atoms with Crippen LogP contribution in [0.3, 0.4) is 0 Å². The summed E-state index contributed by atoms with van der Waals surface area (Å²) >= 11 is 2.52. The number of aliphatic hydroxyl groups is 1. The molecule has 3 heterocycles. The number of benzene rings is 1. The van der Waals surface area contributed by atoms with Crippen molar-refractivity contribution in [2.24, 2.45) is 16.9 Å². The Hall–Kier alpha value is -4.52. The Balaban J connectivity index is 1.69. The molecule has 0 saturated carbocycles. The smallest absolute Gasteiger partial charge is 0.247 e. The Morgan fingerprint density at radius 1 is 0.942 bits per heavy atom. The first-order valence-corrected chi connectivity index (χ1v) is 18.7. The fraction of sp³-hybridized carbons (Fsp3) is 0.500. The van der Waals surface area contributed by atoms with Crippen LogP contribution in [0, 0.1) is 12.3 Å². The van der Waals surface area contributed by atoms with E-state index in [1.165, 1.54) is 4.90 Å². The zero-order valence-corrected chi connectivity index (χ0v) is 31.0. The summed E-state index contributed by atoms with van der Waals surface area (Å²) in [4.78, 5) is 95.1. The highest BCUT2D eigenvalue weighted by molar-refractivity contribution is 8.00. The molecule has 0 radical (unpaired) electrons. The van der Waals surface area contributed by atoms with Gasteiger partial charge in [0, 0.05) is 30.1 Å². The van der Waals surface area contributed by atoms with E-state index in [-0.39, 0.29) is 31.0 Å². The van der Waals surface area contributed by atoms with Crippen molar-refractivity contribution in [2.45, 2.75) is 70.4 Å². The Kier molecular flexibility index (Phi) is 13.4. The highest BCUT2D eigenvalue weighted by Gasteiger charge is 2.45. The van der Waals surface area contributed by atoms with Gasteiger partial charge in [0.05, 0.1) is 18.4 Å². The average Bonchev–Trinajstić information content (AvgIpc) is 3.70. The molecule has 10 N–H and O–H groups in total. The summed E-state index contributed by atoms with van der Waals surface area (Å²) < 4.78 is 0. The van der Waals surface area contributed by atoms with E-state index >= 15 is 0 Å². The van der Waals surface area contributed by atoms with E-state index in [0.717, 1.165) is 27.8 Å². The predicted octanol–water partition coefficient (Wildman–Crippen LogP) is -1.35. The first kappa shape index (κ1) is 40.3. The zero-order chi connectivity index (χ0) is 38.3. The lowest BCUT2D eigenvalue weighted by Gasteiger charge is -2.35. The Morgan fingerprint density at radius 3 is 2.23 bits per heavy atom. The van der Waals surface area contributed by atoms with Gasteiger partial charge in [-0.3, -0.25) is 33.6 Å². The molecule has 1 aromatic heterocycles. The third-order valence-corrected chi connectivity index (χ3v) is 10.8. The van der Waals surface area contributed by atoms with Gasteiger partial charge < -0.3 is 48.1 Å². The van der Waals surface area contributed by atoms with E-state index in [0.29, 0.717) is 5.56 Å². The highest BCUT2D eigenvalue weighted by Crippen LogP contribution is 2.31. The number of nitrogens with one attached hydrogen (secondary N) is 5. The molecule has 6 atom stereocenters. The normalized spacial score (nSPS) is 26.2. The maximum absolute atomic E-state index is 14.1. The summed E-state index contributed by atoms with van der Waals surface area (Å²) in [5.74, 6) is -5.50. The molecule has 2 aromatic rings. The number of nitrogens with two attached hydrogens (primary N) is 2. The van der Waals surface area contributed by atoms with Crippen molar-refractivity contribution in [1.29, 1.82) is 0 Å². The van der Waals surface area contributed by atoms with Gasteiger partial charge in [0.2, 0.25) is 41.4 Å². The Morgan fingerprint density at radius 2 is 1.63 bits per heavy atom. The molecule has 0 spiro atoms. The second-order valence-electron chi connectivity index (χ2n) is 13.8. The number of amides is 7. The summed E-state index contributed by atoms with van der Waals surface area (Å²) in [6, 6.07) is 2.72. The van der Waals surface area contributed by atoms with E-state index in [4.69, 9.17) is 11.5 Å². The summed E-state index contributed by atoms with van der Waals surface area (Å²) in [6.45, 7) is 6.02. The van der Waals surface area contributed by atoms with E-state index in [9.17, 15) is 38.7 Å². The number of aryl methyl sites for hydroxylation is 1. The second-order valence-corrected chi connectivity index (χ2v) is 15.8. The lowest BCUT2D eigenvalue weighted by molar-refractivity contribution is -0.144. The summed E-state index contributed by atoms with van der Waals surface area (Å²) in [5, 5.41) is 25.4. The molecule has 2 aliphatic heterocycles. The van der Waals surface area contributed by atoms with Crippen LogP contribution in [0.15, 0.2) is 35.7 Å². The van der Waals surface area contributed by atoms with Crippen molar-refractivity contribution in [3.63, 3.8) is 0 Å². The Labute approximate surface area is 309 Å². The maximum Gasteiger partial charge on any atom is 0.247 e. The van der Waals surface area contributed by atoms with Gasteiger partial charge in [-0.05, 0) is 40.5 Å². The van der Waals surface area contributed by atoms with Gasteiger partial charge in [-0.25, -0.2) is 0 Å². The van der Waals surface area contributed by atoms with Crippen LogP contribution in [0.4, 0.5) is 0 Å². The highest BCUT2D eigenvalue weighted by atomic mass is 32.2. The van der Waals surface area contributed by atoms with Gasteiger partial charge in [0.15, 0.2) is 0 Å². The SMILES string of the molecule is Cc1ccsc1-c1ccc([C@@H]2NC(=O)[C@@H]3C[C@@H](O)CN3C(=O)[C@H](C(C)(C)C)NC(=O)CSC[C@H](C(N)=O)NC(=O)[C@H](CN)NC(=O)CNC2=O)cc1. The number of hydrogen-bond donors (Lipinski definition) is 8. The van der Waals surface area contributed by atoms with E-state index in [2.05, 4.69) is 26.6 Å². The van der Waals surface area contributed by atoms with Crippen LogP contribution in [-0.4, -0.2) is 113 Å². The number of carbonyl (C=O) groups excluding carboxylic acids is 7. The molecule has 18 heteroatoms. The molecule has 2 fully saturated rings. The molecule has 2 saturated heterocycles. The van der Waals surface area contributed by atoms with Crippen LogP contribution < -0.4 is 38.1 Å². The average molecular weight is 759 g/mol. The number of hydrogen-bond acceptors (Lipinski definition) is 11. The van der Waals surface area contributed by atoms with Crippen LogP contribution in [-0.2, 0) is 33.6 Å². The summed E-state index contributed by atoms with van der Waals surface area (Å²) in [7, 11) is 0. The topological polar surface area (TPSA) is 255 Å². The van der Waals surface area contributed by atoms with Gasteiger partial charge in [-0.2, -0.15) is 0 Å². The molecule has 282 valence electrons. The molecule has 1 aromatic carbocycles. The van der Waals surface area contributed by atoms with Crippen LogP contribution in [0.2, 0.25) is 0 Å². The number of aliphatic hydroxyl groups excluding tert-OH is 1. The fourth-order valence-electron chi connectivity index (χ4n) is 5.84. The fourth-order valence-corrected chi connectivity index (χ4v) is 7.64. The van der Waals surface area contributed by atoms with Crippen molar-refractivity contribution in [2.75, 3.05) is 31.1 Å². The number of rotatable bonds is 4. The van der Waals surface area contributed by atoms with E-state index in [1.807, 2.05) is 18.4 Å². The monoisotopic (exact) mass is 758 g/mol. The predicted molar refractivity (Wildman–Crippen MR) is 195 cm³/mol. The van der Waals surface area contributed by atoms with Gasteiger partial charge in [-0.1, -0.05) is 45.0 Å². The first-order chi connectivity index (χ1) is 24.5. The number of nitrogens with zero attached hydrogens (tertiary/aromatic N) is 1. The molecule has 16 nitrogen and oxygen atoms in total. The van der Waals surface area contributed by atoms with Crippen LogP contribution in [0.5, 0.6) is 0 Å². The molecule has 52 heavy (non-hydrogen) atoms. The molecular formula is C34H46N8O8S2. The third-order valence-electron chi connectivity index (χ3n) is 8.69. The molecular weight excluding hydrogens is 713 g/mol. The number of primary amides is 1. The quantitative estimate of drug-likeness (QED) is 0.182. The van der Waals surface area contributed by atoms with Gasteiger partial charge in [0.25, 0.3) is 0 Å². The lowest BCUT2D eigenvalue weighted by Crippen LogP contribution is -2.58. The minimum absolute atomic E-state index is 0.111. The maximum atomic E-state index is 14.1. The lowest BCUT2D eigenvalue weighted by atomic mass is 9.85. The number of fused-ring (bicyclic) bond motifs is 1. The third kappa shape index (κ3) is 10.1. The molecule has 0 bridgehead atoms. The first-order valence-electron chi connectivity index (χ1n) is 16.7. The summed E-state index contributed by atoms with van der Waals surface area (Å²) in [6.07, 6.45) is -1.18. The van der Waals surface area contributed by atoms with Crippen LogP contribution in [0.1, 0.15) is 44.4 Å². The van der Waals surface area contributed by atoms with Crippen molar-refractivity contribution >= 4 is 64.4 Å². The minimum atomic E-state index is -1.34. The minimum Gasteiger partial charge on any atom is -0.391 e. The number of thioether (sulfide) groups is 1. The van der Waals surface area contributed by atoms with Crippen LogP contribution >= 0.6 is 23.1 Å². The van der Waals surface area contributed by atoms with Gasteiger partial charge in [0.1, 0.15) is 30.2 Å². The second kappa shape index (κ2) is 17.3. The van der Waals surface area contributed by atoms with E-state index < -0.39 is 89.6 Å². The molecule has 0 unspecified atom stereocenters. The van der Waals surface area contributed by atoms with Gasteiger partial charge in [-0.15, -0.1) is 23.1 Å². The number of carbonyl (C=O) groups is 7. The van der Waals surface area contributed by atoms with Gasteiger partial charge >= 0.3 is 0 Å². The van der Waals surface area contributed by atoms with E-state index in [1.54, 1.807) is 56.4 Å². The van der Waals surface area contributed by atoms with Crippen molar-refractivity contribution < 1.29 is 38.7 Å². The Bertz CT molecular complexity index is 1680. The molecule has 0 aliphatic carbocycles. The largest absolute Gasteiger partial charge is 0.391 e. The molecule has 7 amide bonds. The number of thiophene rings is 1. The molecule has 4 rings (SSSR count). The van der Waals surface area contributed by atoms with Crippen LogP contribution in [0.25, 0.3) is 10.4 Å². The summed E-state index contributed by atoms with van der Waals surface area (Å²) in [5.41, 5.74) is 12.7. The zero-order valence-electron chi connectivity index (χ0n) is 29.4. The van der Waals surface area contributed by atoms with Crippen molar-refractivity contribution in [3.8, 4) is 10.4 Å². The van der Waals surface area contributed by atoms with Crippen molar-refractivity contribution in [3.05, 3.63) is 46.8 Å². The van der Waals surface area contributed by atoms with Crippen molar-refractivity contribution in [1.82, 2.24) is 31.5 Å². The standard InChI is InChI=1S/C34H46N8O8S2/c1-17-9-10-52-27(17)19-7-5-18(6-8-19)26-32(49)37-13-24(44)38-21(12-35)30(47)39-22(29(36)46)15-51-16-25(45)40-28(34(2,3)4)33(50)42-14-20(43)11-23(42)31(48)41-26/h5-10,20-23,26,28,43H,11-16,35H2,1-4H3,(H2,36,46)(H,37,49)(H,38,44)(H,39,47)(H,40,45)(H,41,48)/t20-,21+,22-,23+,26+,28-/m1/s1.